The molecule has 0 saturated heterocycles. The monoisotopic (exact) mass is 1020 g/mol. The summed E-state index contributed by atoms with van der Waals surface area (Å²) in [7, 11) is 0. The fourth-order valence-electron chi connectivity index (χ4n) is 23.9. The molecule has 0 amide bonds. The quantitative estimate of drug-likeness (QED) is 0.0931. The van der Waals surface area contributed by atoms with Crippen molar-refractivity contribution in [3.8, 4) is 0 Å². The van der Waals surface area contributed by atoms with Crippen molar-refractivity contribution >= 4 is 23.9 Å². The molecule has 0 spiro atoms. The summed E-state index contributed by atoms with van der Waals surface area (Å²) in [4.78, 5) is 63.6. The van der Waals surface area contributed by atoms with Crippen molar-refractivity contribution in [2.45, 2.75) is 271 Å². The van der Waals surface area contributed by atoms with E-state index in [1.165, 1.54) is 25.7 Å². The van der Waals surface area contributed by atoms with Crippen LogP contribution in [0.2, 0.25) is 0 Å². The number of esters is 4. The van der Waals surface area contributed by atoms with Crippen LogP contribution in [0.15, 0.2) is 0 Å². The van der Waals surface area contributed by atoms with Crippen LogP contribution in [0.1, 0.15) is 249 Å². The van der Waals surface area contributed by atoms with Gasteiger partial charge in [0.25, 0.3) is 0 Å². The standard InChI is InChI=1S/C66H102O8/c1-11-60(8,56(68)72-64(13-3)49-24-41-17-42(26-49)27-50(64)25-41)37-62(10,58(70)74-66(15-5)53-32-45-19-46(34-53)35-54(66)33-45)38-61(9,57(69)73-65(14-4)51-28-43-18-44(30-51)31-52(65)29-43)36-59(6,7)55(67)71-63(12-2)47-20-39-16-40(22-47)23-48(63)21-39/h39-54H,11-38H2,1-10H3. The van der Waals surface area contributed by atoms with Gasteiger partial charge in [0.2, 0.25) is 0 Å². The first-order valence-electron chi connectivity index (χ1n) is 32.0. The van der Waals surface area contributed by atoms with Crippen LogP contribution in [-0.4, -0.2) is 46.3 Å². The van der Waals surface area contributed by atoms with Gasteiger partial charge in [0.15, 0.2) is 0 Å². The Labute approximate surface area is 447 Å². The molecule has 3 atom stereocenters. The molecular formula is C66H102O8. The van der Waals surface area contributed by atoms with Gasteiger partial charge in [0, 0.05) is 0 Å². The molecule has 0 aromatic carbocycles. The fourth-order valence-corrected chi connectivity index (χ4v) is 23.9. The Kier molecular flexibility index (Phi) is 12.9. The van der Waals surface area contributed by atoms with Gasteiger partial charge in [-0.25, -0.2) is 0 Å². The van der Waals surface area contributed by atoms with E-state index >= 15 is 19.2 Å². The van der Waals surface area contributed by atoms with E-state index in [0.29, 0.717) is 77.4 Å². The number of carbonyl (C=O) groups is 4. The highest BCUT2D eigenvalue weighted by Gasteiger charge is 2.66. The van der Waals surface area contributed by atoms with Gasteiger partial charge in [-0.15, -0.1) is 0 Å². The Balaban J connectivity index is 0.909. The molecule has 16 fully saturated rings. The van der Waals surface area contributed by atoms with Gasteiger partial charge < -0.3 is 18.9 Å². The van der Waals surface area contributed by atoms with Crippen LogP contribution in [0.3, 0.4) is 0 Å². The first-order chi connectivity index (χ1) is 35.1. The summed E-state index contributed by atoms with van der Waals surface area (Å²) in [5, 5.41) is 0. The number of hydrogen-bond donors (Lipinski definition) is 0. The van der Waals surface area contributed by atoms with Gasteiger partial charge in [-0.2, -0.15) is 0 Å². The summed E-state index contributed by atoms with van der Waals surface area (Å²) in [6.45, 7) is 21.1. The lowest BCUT2D eigenvalue weighted by molar-refractivity contribution is -0.231. The molecule has 74 heavy (non-hydrogen) atoms. The zero-order valence-electron chi connectivity index (χ0n) is 48.3. The highest BCUT2D eigenvalue weighted by Crippen LogP contribution is 2.66. The summed E-state index contributed by atoms with van der Waals surface area (Å²) in [5.74, 6) is 7.63. The molecule has 0 N–H and O–H groups in total. The molecule has 8 heteroatoms. The molecule has 3 unspecified atom stereocenters. The summed E-state index contributed by atoms with van der Waals surface area (Å²) >= 11 is 0. The van der Waals surface area contributed by atoms with Crippen LogP contribution in [0.25, 0.3) is 0 Å². The first-order valence-corrected chi connectivity index (χ1v) is 32.0. The van der Waals surface area contributed by atoms with Crippen molar-refractivity contribution in [1.29, 1.82) is 0 Å². The number of carbonyl (C=O) groups excluding carboxylic acids is 4. The molecule has 8 nitrogen and oxygen atoms in total. The van der Waals surface area contributed by atoms with Crippen LogP contribution in [-0.2, 0) is 38.1 Å². The van der Waals surface area contributed by atoms with E-state index in [1.807, 2.05) is 34.6 Å². The molecular weight excluding hydrogens is 921 g/mol. The van der Waals surface area contributed by atoms with Crippen molar-refractivity contribution in [3.63, 3.8) is 0 Å². The molecule has 16 saturated carbocycles. The smallest absolute Gasteiger partial charge is 0.312 e. The lowest BCUT2D eigenvalue weighted by Gasteiger charge is -2.61. The first kappa shape index (κ1) is 52.6. The van der Waals surface area contributed by atoms with E-state index < -0.39 is 44.1 Å². The topological polar surface area (TPSA) is 105 Å². The molecule has 16 aliphatic rings. The van der Waals surface area contributed by atoms with Gasteiger partial charge in [-0.1, -0.05) is 34.6 Å². The highest BCUT2D eigenvalue weighted by molar-refractivity contribution is 5.85. The van der Waals surface area contributed by atoms with Crippen molar-refractivity contribution in [2.75, 3.05) is 0 Å². The van der Waals surface area contributed by atoms with Gasteiger partial charge >= 0.3 is 23.9 Å². The molecule has 16 rings (SSSR count). The Hall–Kier alpha value is -2.12. The van der Waals surface area contributed by atoms with Crippen LogP contribution in [0, 0.1) is 116 Å². The van der Waals surface area contributed by atoms with Crippen LogP contribution >= 0.6 is 0 Å². The van der Waals surface area contributed by atoms with Crippen molar-refractivity contribution in [3.05, 3.63) is 0 Å². The van der Waals surface area contributed by atoms with E-state index in [1.54, 1.807) is 0 Å². The minimum atomic E-state index is -1.30. The molecule has 0 aromatic rings. The lowest BCUT2D eigenvalue weighted by atomic mass is 9.49. The second-order valence-corrected chi connectivity index (χ2v) is 31.5. The summed E-state index contributed by atoms with van der Waals surface area (Å²) in [6, 6.07) is 0. The van der Waals surface area contributed by atoms with Crippen LogP contribution in [0.4, 0.5) is 0 Å². The maximum absolute atomic E-state index is 16.3. The Morgan fingerprint density at radius 3 is 0.743 bits per heavy atom. The second-order valence-electron chi connectivity index (χ2n) is 31.5. The molecule has 16 bridgehead atoms. The number of hydrogen-bond acceptors (Lipinski definition) is 8. The average Bonchev–Trinajstić information content (AvgIpc) is 3.35. The third-order valence-electron chi connectivity index (χ3n) is 26.6. The van der Waals surface area contributed by atoms with Gasteiger partial charge in [0.05, 0.1) is 21.7 Å². The Morgan fingerprint density at radius 2 is 0.514 bits per heavy atom. The van der Waals surface area contributed by atoms with E-state index in [-0.39, 0.29) is 43.1 Å². The highest BCUT2D eigenvalue weighted by atomic mass is 16.6. The van der Waals surface area contributed by atoms with E-state index in [4.69, 9.17) is 18.9 Å². The largest absolute Gasteiger partial charge is 0.458 e. The molecule has 16 aliphatic carbocycles. The van der Waals surface area contributed by atoms with Crippen LogP contribution < -0.4 is 0 Å². The van der Waals surface area contributed by atoms with Crippen molar-refractivity contribution in [2.24, 2.45) is 116 Å². The van der Waals surface area contributed by atoms with Gasteiger partial charge in [0.1, 0.15) is 22.4 Å². The normalized spacial score (nSPS) is 48.0. The molecule has 414 valence electrons. The zero-order valence-corrected chi connectivity index (χ0v) is 48.3. The number of rotatable bonds is 19. The summed E-state index contributed by atoms with van der Waals surface area (Å²) < 4.78 is 29.0. The minimum Gasteiger partial charge on any atom is -0.458 e. The second kappa shape index (κ2) is 18.2. The third kappa shape index (κ3) is 8.05. The fraction of sp³-hybridized carbons (Fsp3) is 0.939. The van der Waals surface area contributed by atoms with E-state index in [2.05, 4.69) is 34.6 Å². The van der Waals surface area contributed by atoms with Gasteiger partial charge in [-0.3, -0.25) is 19.2 Å². The predicted octanol–water partition coefficient (Wildman–Crippen LogP) is 15.2. The maximum Gasteiger partial charge on any atom is 0.312 e. The molecule has 0 aliphatic heterocycles. The Morgan fingerprint density at radius 1 is 0.311 bits per heavy atom. The molecule has 0 aromatic heterocycles. The SMILES string of the molecule is CCC(C)(CC(C)(CC(C)(CC(C)(C)C(=O)OC1(CC)C2CC3CC(C2)CC1C3)C(=O)OC1(CC)C2CC3CC(C2)CC1C3)C(=O)OC1(CC)C2CC3CC(C2)CC1C3)C(=O)OC1(CC)C2CC3CC(C2)CC1C3. The summed E-state index contributed by atoms with van der Waals surface area (Å²) in [6.07, 6.45) is 27.4. The average molecular weight is 1020 g/mol. The predicted molar refractivity (Wildman–Crippen MR) is 287 cm³/mol. The number of ether oxygens (including phenoxy) is 4. The third-order valence-corrected chi connectivity index (χ3v) is 26.6. The van der Waals surface area contributed by atoms with E-state index in [0.717, 1.165) is 152 Å². The van der Waals surface area contributed by atoms with Crippen molar-refractivity contribution < 1.29 is 38.1 Å². The maximum atomic E-state index is 16.3. The zero-order chi connectivity index (χ0) is 52.2. The Bertz CT molecular complexity index is 2090. The summed E-state index contributed by atoms with van der Waals surface area (Å²) in [5.41, 5.74) is -6.81. The molecule has 0 radical (unpaired) electrons. The van der Waals surface area contributed by atoms with Crippen molar-refractivity contribution in [1.82, 2.24) is 0 Å². The minimum absolute atomic E-state index is 0.110. The van der Waals surface area contributed by atoms with Crippen LogP contribution in [0.5, 0.6) is 0 Å². The molecule has 0 heterocycles. The van der Waals surface area contributed by atoms with Gasteiger partial charge in [-0.05, 0) is 309 Å². The lowest BCUT2D eigenvalue weighted by Crippen LogP contribution is -2.62. The van der Waals surface area contributed by atoms with E-state index in [9.17, 15) is 0 Å².